The highest BCUT2D eigenvalue weighted by Crippen LogP contribution is 2.19. The first-order chi connectivity index (χ1) is 8.97. The molecular weight excluding hydrogens is 240 g/mol. The van der Waals surface area contributed by atoms with Crippen LogP contribution in [0, 0.1) is 5.92 Å². The molecule has 0 aromatic carbocycles. The van der Waals surface area contributed by atoms with Crippen LogP contribution < -0.4 is 11.3 Å². The fraction of sp³-hybridized carbons (Fsp3) is 0.643. The van der Waals surface area contributed by atoms with Gasteiger partial charge in [-0.3, -0.25) is 9.69 Å². The van der Waals surface area contributed by atoms with Gasteiger partial charge in [-0.05, 0) is 26.1 Å². The molecule has 1 fully saturated rings. The van der Waals surface area contributed by atoms with Gasteiger partial charge < -0.3 is 15.2 Å². The Morgan fingerprint density at radius 1 is 1.32 bits per heavy atom. The van der Waals surface area contributed by atoms with Crippen molar-refractivity contribution in [1.82, 2.24) is 14.4 Å². The van der Waals surface area contributed by atoms with Crippen molar-refractivity contribution >= 4 is 5.69 Å². The van der Waals surface area contributed by atoms with Crippen LogP contribution in [0.1, 0.15) is 6.92 Å². The van der Waals surface area contributed by atoms with Crippen LogP contribution in [-0.2, 0) is 6.54 Å². The van der Waals surface area contributed by atoms with E-state index in [4.69, 9.17) is 5.73 Å². The Morgan fingerprint density at radius 3 is 2.68 bits per heavy atom. The molecule has 19 heavy (non-hydrogen) atoms. The van der Waals surface area contributed by atoms with Crippen LogP contribution in [0.25, 0.3) is 0 Å². The van der Waals surface area contributed by atoms with Crippen LogP contribution in [0.4, 0.5) is 5.69 Å². The number of rotatable bonds is 4. The van der Waals surface area contributed by atoms with Crippen LogP contribution in [0.15, 0.2) is 23.1 Å². The van der Waals surface area contributed by atoms with E-state index >= 15 is 0 Å². The molecular formula is C14H24N4O. The topological polar surface area (TPSA) is 54.5 Å². The molecule has 1 aliphatic rings. The molecule has 1 saturated heterocycles. The lowest BCUT2D eigenvalue weighted by Gasteiger charge is -2.22. The van der Waals surface area contributed by atoms with E-state index in [2.05, 4.69) is 30.8 Å². The first-order valence-electron chi connectivity index (χ1n) is 6.82. The van der Waals surface area contributed by atoms with Crippen molar-refractivity contribution in [3.63, 3.8) is 0 Å². The molecule has 1 aromatic rings. The van der Waals surface area contributed by atoms with Crippen LogP contribution in [-0.4, -0.2) is 54.1 Å². The second-order valence-corrected chi connectivity index (χ2v) is 5.76. The molecule has 2 N–H and O–H groups in total. The highest BCUT2D eigenvalue weighted by atomic mass is 16.1. The molecule has 2 heterocycles. The van der Waals surface area contributed by atoms with Gasteiger partial charge in [0.05, 0.1) is 0 Å². The lowest BCUT2D eigenvalue weighted by atomic mass is 10.1. The van der Waals surface area contributed by atoms with E-state index in [9.17, 15) is 4.79 Å². The number of likely N-dealkylation sites (tertiary alicyclic amines) is 1. The molecule has 2 unspecified atom stereocenters. The number of anilines is 1. The fourth-order valence-corrected chi connectivity index (χ4v) is 2.88. The lowest BCUT2D eigenvalue weighted by molar-refractivity contribution is 0.249. The van der Waals surface area contributed by atoms with Crippen molar-refractivity contribution in [2.75, 3.05) is 39.5 Å². The molecule has 2 atom stereocenters. The number of nitrogens with two attached hydrogens (primary N) is 1. The smallest absolute Gasteiger partial charge is 0.250 e. The first kappa shape index (κ1) is 14.1. The summed E-state index contributed by atoms with van der Waals surface area (Å²) in [4.78, 5) is 16.4. The van der Waals surface area contributed by atoms with Crippen molar-refractivity contribution in [2.45, 2.75) is 19.5 Å². The SMILES string of the molecule is CC1CN(CCn2cc(N)ccc2=O)CC1N(C)C. The third kappa shape index (κ3) is 3.36. The molecule has 0 amide bonds. The molecule has 2 rings (SSSR count). The Morgan fingerprint density at radius 2 is 2.05 bits per heavy atom. The van der Waals surface area contributed by atoms with Crippen molar-refractivity contribution in [3.05, 3.63) is 28.7 Å². The monoisotopic (exact) mass is 264 g/mol. The molecule has 0 saturated carbocycles. The number of hydrogen-bond donors (Lipinski definition) is 1. The summed E-state index contributed by atoms with van der Waals surface area (Å²) in [6.45, 7) is 6.07. The Balaban J connectivity index is 1.93. The summed E-state index contributed by atoms with van der Waals surface area (Å²) >= 11 is 0. The molecule has 1 aromatic heterocycles. The molecule has 5 nitrogen and oxygen atoms in total. The average molecular weight is 264 g/mol. The summed E-state index contributed by atoms with van der Waals surface area (Å²) in [5, 5.41) is 0. The minimum atomic E-state index is 0.0191. The maximum absolute atomic E-state index is 11.7. The van der Waals surface area contributed by atoms with Gasteiger partial charge in [0, 0.05) is 50.2 Å². The van der Waals surface area contributed by atoms with E-state index in [0.717, 1.165) is 19.6 Å². The minimum Gasteiger partial charge on any atom is -0.398 e. The third-order valence-electron chi connectivity index (χ3n) is 3.98. The van der Waals surface area contributed by atoms with E-state index in [1.807, 2.05) is 0 Å². The van der Waals surface area contributed by atoms with E-state index < -0.39 is 0 Å². The maximum Gasteiger partial charge on any atom is 0.250 e. The Kier molecular flexibility index (Phi) is 4.27. The number of pyridine rings is 1. The van der Waals surface area contributed by atoms with Gasteiger partial charge in [-0.15, -0.1) is 0 Å². The zero-order valence-electron chi connectivity index (χ0n) is 12.0. The number of hydrogen-bond acceptors (Lipinski definition) is 4. The summed E-state index contributed by atoms with van der Waals surface area (Å²) in [6.07, 6.45) is 1.73. The number of nitrogens with zero attached hydrogens (tertiary/aromatic N) is 3. The average Bonchev–Trinajstić information content (AvgIpc) is 2.72. The van der Waals surface area contributed by atoms with Crippen LogP contribution in [0.2, 0.25) is 0 Å². The second kappa shape index (κ2) is 5.75. The normalized spacial score (nSPS) is 24.2. The maximum atomic E-state index is 11.7. The van der Waals surface area contributed by atoms with E-state index in [1.54, 1.807) is 16.8 Å². The van der Waals surface area contributed by atoms with Gasteiger partial charge in [0.15, 0.2) is 0 Å². The summed E-state index contributed by atoms with van der Waals surface area (Å²) in [5.74, 6) is 0.674. The third-order valence-corrected chi connectivity index (χ3v) is 3.98. The van der Waals surface area contributed by atoms with Crippen LogP contribution >= 0.6 is 0 Å². The van der Waals surface area contributed by atoms with E-state index in [0.29, 0.717) is 24.2 Å². The highest BCUT2D eigenvalue weighted by molar-refractivity contribution is 5.33. The molecule has 106 valence electrons. The Hall–Kier alpha value is -1.33. The largest absolute Gasteiger partial charge is 0.398 e. The zero-order valence-corrected chi connectivity index (χ0v) is 12.0. The summed E-state index contributed by atoms with van der Waals surface area (Å²) in [7, 11) is 4.26. The van der Waals surface area contributed by atoms with Gasteiger partial charge >= 0.3 is 0 Å². The van der Waals surface area contributed by atoms with Gasteiger partial charge in [0.2, 0.25) is 0 Å². The summed E-state index contributed by atoms with van der Waals surface area (Å²) in [5.41, 5.74) is 6.37. The van der Waals surface area contributed by atoms with Gasteiger partial charge in [-0.1, -0.05) is 6.92 Å². The molecule has 0 spiro atoms. The molecule has 5 heteroatoms. The van der Waals surface area contributed by atoms with E-state index in [1.165, 1.54) is 6.07 Å². The summed E-state index contributed by atoms with van der Waals surface area (Å²) < 4.78 is 1.70. The molecule has 0 bridgehead atoms. The van der Waals surface area contributed by atoms with Crippen molar-refractivity contribution in [3.8, 4) is 0 Å². The van der Waals surface area contributed by atoms with E-state index in [-0.39, 0.29) is 5.56 Å². The van der Waals surface area contributed by atoms with Gasteiger partial charge in [0.25, 0.3) is 5.56 Å². The highest BCUT2D eigenvalue weighted by Gasteiger charge is 2.30. The Labute approximate surface area is 114 Å². The number of nitrogen functional groups attached to an aromatic ring is 1. The first-order valence-corrected chi connectivity index (χ1v) is 6.82. The standard InChI is InChI=1S/C14H24N4O/c1-11-8-17(10-13(11)16(2)3)6-7-18-9-12(15)4-5-14(18)19/h4-5,9,11,13H,6-8,10,15H2,1-3H3. The second-order valence-electron chi connectivity index (χ2n) is 5.76. The Bertz CT molecular complexity index is 483. The number of likely N-dealkylation sites (N-methyl/N-ethyl adjacent to an activating group) is 1. The van der Waals surface area contributed by atoms with Gasteiger partial charge in [-0.2, -0.15) is 0 Å². The quantitative estimate of drug-likeness (QED) is 0.850. The predicted octanol–water partition coefficient (Wildman–Crippen LogP) is 0.312. The molecule has 1 aliphatic heterocycles. The summed E-state index contributed by atoms with van der Waals surface area (Å²) in [6, 6.07) is 3.79. The van der Waals surface area contributed by atoms with Crippen molar-refractivity contribution in [1.29, 1.82) is 0 Å². The lowest BCUT2D eigenvalue weighted by Crippen LogP contribution is -2.35. The minimum absolute atomic E-state index is 0.0191. The van der Waals surface area contributed by atoms with Crippen LogP contribution in [0.5, 0.6) is 0 Å². The number of aromatic nitrogens is 1. The van der Waals surface area contributed by atoms with Gasteiger partial charge in [0.1, 0.15) is 0 Å². The van der Waals surface area contributed by atoms with Crippen LogP contribution in [0.3, 0.4) is 0 Å². The van der Waals surface area contributed by atoms with Gasteiger partial charge in [-0.25, -0.2) is 0 Å². The fourth-order valence-electron chi connectivity index (χ4n) is 2.88. The molecule has 0 aliphatic carbocycles. The van der Waals surface area contributed by atoms with Crippen molar-refractivity contribution < 1.29 is 0 Å². The van der Waals surface area contributed by atoms with Crippen molar-refractivity contribution in [2.24, 2.45) is 5.92 Å². The predicted molar refractivity (Wildman–Crippen MR) is 78.2 cm³/mol. The zero-order chi connectivity index (χ0) is 14.0. The molecule has 0 radical (unpaired) electrons.